The first-order valence-corrected chi connectivity index (χ1v) is 9.09. The van der Waals surface area contributed by atoms with Crippen molar-refractivity contribution in [3.8, 4) is 0 Å². The summed E-state index contributed by atoms with van der Waals surface area (Å²) >= 11 is 0. The van der Waals surface area contributed by atoms with E-state index in [2.05, 4.69) is 13.8 Å². The highest BCUT2D eigenvalue weighted by molar-refractivity contribution is 6.02. The molecule has 0 heterocycles. The van der Waals surface area contributed by atoms with Gasteiger partial charge in [-0.05, 0) is 36.6 Å². The zero-order valence-electron chi connectivity index (χ0n) is 15.6. The Hall–Kier alpha value is -2.46. The van der Waals surface area contributed by atoms with Crippen LogP contribution in [0.4, 0.5) is 0 Å². The lowest BCUT2D eigenvalue weighted by atomic mass is 10.0. The summed E-state index contributed by atoms with van der Waals surface area (Å²) in [5.74, 6) is -0.719. The number of ether oxygens (including phenoxy) is 1. The third kappa shape index (κ3) is 8.08. The Morgan fingerprint density at radius 2 is 1.35 bits per heavy atom. The summed E-state index contributed by atoms with van der Waals surface area (Å²) in [5, 5.41) is 8.75. The van der Waals surface area contributed by atoms with Crippen LogP contribution in [0.3, 0.4) is 0 Å². The third-order valence-corrected chi connectivity index (χ3v) is 4.01. The van der Waals surface area contributed by atoms with Crippen molar-refractivity contribution in [3.63, 3.8) is 0 Å². The van der Waals surface area contributed by atoms with E-state index in [4.69, 9.17) is 9.84 Å². The smallest absolute Gasteiger partial charge is 0.346 e. The highest BCUT2D eigenvalue weighted by Gasteiger charge is 2.13. The molecular formula is C22H28O4. The molecule has 0 bridgehead atoms. The second-order valence-corrected chi connectivity index (χ2v) is 6.01. The van der Waals surface area contributed by atoms with Gasteiger partial charge in [-0.1, -0.05) is 69.5 Å². The van der Waals surface area contributed by atoms with Gasteiger partial charge < -0.3 is 9.84 Å². The molecule has 1 unspecified atom stereocenters. The molecule has 1 atom stereocenters. The van der Waals surface area contributed by atoms with E-state index in [1.54, 1.807) is 60.7 Å². The highest BCUT2D eigenvalue weighted by Crippen LogP contribution is 2.10. The Balaban J connectivity index is 0.000000321. The summed E-state index contributed by atoms with van der Waals surface area (Å²) in [6.07, 6.45) is 4.83. The van der Waals surface area contributed by atoms with Gasteiger partial charge in [0.15, 0.2) is 0 Å². The summed E-state index contributed by atoms with van der Waals surface area (Å²) in [7, 11) is 0. The molecule has 0 aliphatic rings. The maximum atomic E-state index is 11.6. The number of hydrogen-bond donors (Lipinski definition) is 1. The van der Waals surface area contributed by atoms with Gasteiger partial charge in [0.1, 0.15) is 0 Å². The first kappa shape index (κ1) is 21.6. The number of benzene rings is 2. The van der Waals surface area contributed by atoms with Crippen LogP contribution in [0.15, 0.2) is 60.7 Å². The van der Waals surface area contributed by atoms with Crippen LogP contribution >= 0.6 is 0 Å². The fourth-order valence-corrected chi connectivity index (χ4v) is 2.27. The molecule has 2 aromatic rings. The van der Waals surface area contributed by atoms with E-state index in [0.29, 0.717) is 23.7 Å². The van der Waals surface area contributed by atoms with Crippen LogP contribution in [-0.2, 0) is 4.74 Å². The molecule has 0 spiro atoms. The van der Waals surface area contributed by atoms with Crippen molar-refractivity contribution in [2.75, 3.05) is 6.61 Å². The summed E-state index contributed by atoms with van der Waals surface area (Å²) < 4.78 is 4.74. The van der Waals surface area contributed by atoms with Gasteiger partial charge in [-0.25, -0.2) is 9.59 Å². The Bertz CT molecular complexity index is 584. The average molecular weight is 356 g/mol. The lowest BCUT2D eigenvalue weighted by Gasteiger charge is -2.08. The highest BCUT2D eigenvalue weighted by atomic mass is 16.6. The van der Waals surface area contributed by atoms with Crippen molar-refractivity contribution in [2.45, 2.75) is 39.5 Å². The molecule has 0 fully saturated rings. The fraction of sp³-hybridized carbons (Fsp3) is 0.364. The Morgan fingerprint density at radius 3 is 1.69 bits per heavy atom. The number of aliphatic hydroxyl groups is 1. The van der Waals surface area contributed by atoms with Crippen LogP contribution in [0.1, 0.15) is 60.2 Å². The number of aliphatic hydroxyl groups excluding tert-OH is 1. The van der Waals surface area contributed by atoms with Crippen molar-refractivity contribution < 1.29 is 19.4 Å². The number of esters is 2. The van der Waals surface area contributed by atoms with Gasteiger partial charge in [0.05, 0.1) is 11.1 Å². The van der Waals surface area contributed by atoms with Gasteiger partial charge >= 0.3 is 11.9 Å². The van der Waals surface area contributed by atoms with Crippen LogP contribution in [0.2, 0.25) is 0 Å². The predicted octanol–water partition coefficient (Wildman–Crippen LogP) is 4.88. The topological polar surface area (TPSA) is 63.6 Å². The minimum atomic E-state index is -0.639. The zero-order chi connectivity index (χ0) is 19.2. The SMILES string of the molecule is CCCCC(CC)CO.O=C(OC(=O)c1ccccc1)c1ccccc1. The number of hydrogen-bond acceptors (Lipinski definition) is 4. The molecule has 4 heteroatoms. The Morgan fingerprint density at radius 1 is 0.885 bits per heavy atom. The molecule has 0 aliphatic heterocycles. The molecule has 0 saturated carbocycles. The second kappa shape index (κ2) is 12.8. The van der Waals surface area contributed by atoms with Crippen molar-refractivity contribution in [1.82, 2.24) is 0 Å². The number of unbranched alkanes of at least 4 members (excludes halogenated alkanes) is 1. The monoisotopic (exact) mass is 356 g/mol. The minimum Gasteiger partial charge on any atom is -0.396 e. The lowest BCUT2D eigenvalue weighted by Crippen LogP contribution is -2.12. The van der Waals surface area contributed by atoms with Crippen LogP contribution < -0.4 is 0 Å². The van der Waals surface area contributed by atoms with E-state index < -0.39 is 11.9 Å². The molecule has 1 N–H and O–H groups in total. The summed E-state index contributed by atoms with van der Waals surface area (Å²) in [6, 6.07) is 16.8. The normalized spacial score (nSPS) is 11.0. The standard InChI is InChI=1S/C14H10O3.C8H18O/c15-13(11-7-3-1-4-8-11)17-14(16)12-9-5-2-6-10-12;1-3-5-6-8(4-2)7-9/h1-10H;8-9H,3-7H2,1-2H3. The van der Waals surface area contributed by atoms with E-state index in [1.807, 2.05) is 0 Å². The first-order chi connectivity index (χ1) is 12.6. The van der Waals surface area contributed by atoms with Gasteiger partial charge in [-0.2, -0.15) is 0 Å². The minimum absolute atomic E-state index is 0.358. The van der Waals surface area contributed by atoms with Crippen LogP contribution in [0.5, 0.6) is 0 Å². The fourth-order valence-electron chi connectivity index (χ4n) is 2.27. The maximum absolute atomic E-state index is 11.6. The zero-order valence-corrected chi connectivity index (χ0v) is 15.6. The molecule has 140 valence electrons. The van der Waals surface area contributed by atoms with E-state index >= 15 is 0 Å². The quantitative estimate of drug-likeness (QED) is 0.567. The van der Waals surface area contributed by atoms with Crippen molar-refractivity contribution in [2.24, 2.45) is 5.92 Å². The molecule has 0 aromatic heterocycles. The van der Waals surface area contributed by atoms with Crippen LogP contribution in [0, 0.1) is 5.92 Å². The predicted molar refractivity (Wildman–Crippen MR) is 103 cm³/mol. The van der Waals surface area contributed by atoms with Crippen molar-refractivity contribution in [1.29, 1.82) is 0 Å². The maximum Gasteiger partial charge on any atom is 0.346 e. The molecule has 4 nitrogen and oxygen atoms in total. The summed E-state index contributed by atoms with van der Waals surface area (Å²) in [4.78, 5) is 23.2. The summed E-state index contributed by atoms with van der Waals surface area (Å²) in [6.45, 7) is 4.69. The van der Waals surface area contributed by atoms with Gasteiger partial charge in [0.2, 0.25) is 0 Å². The first-order valence-electron chi connectivity index (χ1n) is 9.09. The molecule has 0 aliphatic carbocycles. The van der Waals surface area contributed by atoms with Gasteiger partial charge in [-0.15, -0.1) is 0 Å². The molecule has 26 heavy (non-hydrogen) atoms. The van der Waals surface area contributed by atoms with Crippen molar-refractivity contribution in [3.05, 3.63) is 71.8 Å². The second-order valence-electron chi connectivity index (χ2n) is 6.01. The van der Waals surface area contributed by atoms with Crippen molar-refractivity contribution >= 4 is 11.9 Å². The van der Waals surface area contributed by atoms with E-state index in [0.717, 1.165) is 6.42 Å². The largest absolute Gasteiger partial charge is 0.396 e. The van der Waals surface area contributed by atoms with E-state index in [-0.39, 0.29) is 0 Å². The number of rotatable bonds is 7. The lowest BCUT2D eigenvalue weighted by molar-refractivity contribution is 0.0398. The molecule has 0 saturated heterocycles. The molecule has 2 rings (SSSR count). The van der Waals surface area contributed by atoms with Crippen LogP contribution in [-0.4, -0.2) is 23.7 Å². The number of carbonyl (C=O) groups excluding carboxylic acids is 2. The summed E-state index contributed by atoms with van der Waals surface area (Å²) in [5.41, 5.74) is 0.716. The Kier molecular flexibility index (Phi) is 10.7. The Labute approximate surface area is 155 Å². The molecular weight excluding hydrogens is 328 g/mol. The van der Waals surface area contributed by atoms with Crippen LogP contribution in [0.25, 0.3) is 0 Å². The van der Waals surface area contributed by atoms with Gasteiger partial charge in [0, 0.05) is 6.61 Å². The van der Waals surface area contributed by atoms with Gasteiger partial charge in [0.25, 0.3) is 0 Å². The third-order valence-electron chi connectivity index (χ3n) is 4.01. The molecule has 0 radical (unpaired) electrons. The number of carbonyl (C=O) groups is 2. The van der Waals surface area contributed by atoms with E-state index in [9.17, 15) is 9.59 Å². The molecule has 0 amide bonds. The van der Waals surface area contributed by atoms with Gasteiger partial charge in [-0.3, -0.25) is 0 Å². The van der Waals surface area contributed by atoms with E-state index in [1.165, 1.54) is 19.3 Å². The molecule has 2 aromatic carbocycles. The average Bonchev–Trinajstić information content (AvgIpc) is 2.70.